The van der Waals surface area contributed by atoms with Crippen molar-refractivity contribution in [3.05, 3.63) is 0 Å². The van der Waals surface area contributed by atoms with Crippen molar-refractivity contribution in [1.82, 2.24) is 0 Å². The molecule has 0 amide bonds. The lowest BCUT2D eigenvalue weighted by Gasteiger charge is -2.05. The van der Waals surface area contributed by atoms with Crippen LogP contribution >= 0.6 is 8.25 Å². The zero-order valence-electron chi connectivity index (χ0n) is 8.05. The third-order valence-electron chi connectivity index (χ3n) is 0.535. The molecular formula is C2H11BO10PSi2. The fraction of sp³-hybridized carbons (Fsp3) is 1.00. The quantitative estimate of drug-likeness (QED) is 0.218. The van der Waals surface area contributed by atoms with Gasteiger partial charge in [-0.15, -0.1) is 4.21 Å². The van der Waals surface area contributed by atoms with Crippen LogP contribution in [0.4, 0.5) is 0 Å². The molecule has 1 unspecified atom stereocenters. The maximum atomic E-state index is 9.38. The van der Waals surface area contributed by atoms with Gasteiger partial charge >= 0.3 is 26.4 Å². The van der Waals surface area contributed by atoms with E-state index in [2.05, 4.69) is 8.64 Å². The minimum Gasteiger partial charge on any atom is -0.567 e. The second kappa shape index (κ2) is 9.29. The summed E-state index contributed by atoms with van der Waals surface area (Å²) in [4.78, 5) is 57.0. The topological polar surface area (TPSA) is 180 Å². The van der Waals surface area contributed by atoms with Crippen LogP contribution in [0.25, 0.3) is 0 Å². The van der Waals surface area contributed by atoms with Crippen molar-refractivity contribution in [3.63, 3.8) is 0 Å². The predicted molar refractivity (Wildman–Crippen MR) is 50.9 cm³/mol. The molecule has 0 bridgehead atoms. The van der Waals surface area contributed by atoms with Gasteiger partial charge in [-0.2, -0.15) is 0 Å². The van der Waals surface area contributed by atoms with Crippen molar-refractivity contribution in [2.45, 2.75) is 6.92 Å². The third kappa shape index (κ3) is 29.2. The Bertz CT molecular complexity index is 188. The van der Waals surface area contributed by atoms with Crippen LogP contribution in [0.5, 0.6) is 0 Å². The molecule has 3 radical (unpaired) electrons. The van der Waals surface area contributed by atoms with Crippen LogP contribution in [0.2, 0.25) is 0 Å². The van der Waals surface area contributed by atoms with E-state index in [1.54, 1.807) is 6.92 Å². The second-order valence-corrected chi connectivity index (χ2v) is 5.66. The van der Waals surface area contributed by atoms with Crippen LogP contribution in [0.1, 0.15) is 6.92 Å². The van der Waals surface area contributed by atoms with E-state index in [1.807, 2.05) is 0 Å². The zero-order valence-corrected chi connectivity index (χ0v) is 10.9. The summed E-state index contributed by atoms with van der Waals surface area (Å²) in [6.07, 6.45) is 0. The first-order valence-electron chi connectivity index (χ1n) is 3.29. The fourth-order valence-corrected chi connectivity index (χ4v) is 1.48. The molecule has 0 aliphatic rings. The van der Waals surface area contributed by atoms with Gasteiger partial charge in [-0.3, -0.25) is 0 Å². The smallest absolute Gasteiger partial charge is 0.567 e. The van der Waals surface area contributed by atoms with Gasteiger partial charge < -0.3 is 38.1 Å². The van der Waals surface area contributed by atoms with Gasteiger partial charge in [0, 0.05) is 15.0 Å². The van der Waals surface area contributed by atoms with E-state index < -0.39 is 26.4 Å². The van der Waals surface area contributed by atoms with Crippen LogP contribution in [0.15, 0.2) is 0 Å². The van der Waals surface area contributed by atoms with Crippen LogP contribution in [0, 0.1) is 0 Å². The maximum Gasteiger partial charge on any atom is 0.717 e. The van der Waals surface area contributed by atoms with E-state index in [9.17, 15) is 9.46 Å². The normalized spacial score (nSPS) is 12.1. The summed E-state index contributed by atoms with van der Waals surface area (Å²) < 4.78 is 16.6. The lowest BCUT2D eigenvalue weighted by Crippen LogP contribution is -2.38. The monoisotopic (exact) mass is 293 g/mol. The van der Waals surface area contributed by atoms with Crippen molar-refractivity contribution in [2.24, 2.45) is 0 Å². The van der Waals surface area contributed by atoms with E-state index in [0.717, 1.165) is 0 Å². The molecule has 0 saturated carbocycles. The Morgan fingerprint density at radius 1 is 1.12 bits per heavy atom. The Balaban J connectivity index is -0.000000200. The minimum absolute atomic E-state index is 0. The Morgan fingerprint density at radius 2 is 1.50 bits per heavy atom. The van der Waals surface area contributed by atoms with Gasteiger partial charge in [-0.25, -0.2) is 0 Å². The van der Waals surface area contributed by atoms with Gasteiger partial charge in [-0.05, 0) is 11.5 Å². The molecule has 16 heavy (non-hydrogen) atoms. The summed E-state index contributed by atoms with van der Waals surface area (Å²) in [6, 6.07) is 0. The van der Waals surface area contributed by atoms with Crippen molar-refractivity contribution >= 4 is 34.8 Å². The highest BCUT2D eigenvalue weighted by molar-refractivity contribution is 7.32. The van der Waals surface area contributed by atoms with E-state index in [1.165, 1.54) is 0 Å². The number of hydrogen-bond acceptors (Lipinski definition) is 10. The van der Waals surface area contributed by atoms with Crippen LogP contribution in [-0.2, 0) is 13.2 Å². The number of rotatable bonds is 4. The molecule has 0 rings (SSSR count). The first-order chi connectivity index (χ1) is 6.48. The molecule has 0 aromatic rings. The van der Waals surface area contributed by atoms with Gasteiger partial charge in [0.1, 0.15) is 0 Å². The molecule has 95 valence electrons. The molecule has 6 N–H and O–H groups in total. The molecule has 0 spiro atoms. The molecule has 14 heteroatoms. The van der Waals surface area contributed by atoms with Gasteiger partial charge in [-0.1, -0.05) is 0 Å². The molecule has 0 aliphatic heterocycles. The van der Waals surface area contributed by atoms with Crippen LogP contribution in [0.3, 0.4) is 0 Å². The Kier molecular flexibility index (Phi) is 12.5. The van der Waals surface area contributed by atoms with Gasteiger partial charge in [0.05, 0.1) is 0 Å². The molecule has 1 atom stereocenters. The Labute approximate surface area is 95.8 Å². The molecule has 0 aromatic heterocycles. The third-order valence-corrected chi connectivity index (χ3v) is 2.79. The van der Waals surface area contributed by atoms with Crippen molar-refractivity contribution in [1.29, 1.82) is 0 Å². The molecule has 0 saturated heterocycles. The van der Waals surface area contributed by atoms with Crippen molar-refractivity contribution < 1.29 is 46.9 Å². The Hall–Kier alpha value is 0.239. The first-order valence-corrected chi connectivity index (χ1v) is 7.89. The average Bonchev–Trinajstić information content (AvgIpc) is 1.77. The molecule has 10 nitrogen and oxygen atoms in total. The highest BCUT2D eigenvalue weighted by atomic mass is 31.1. The fourth-order valence-electron chi connectivity index (χ4n) is 0.294. The first kappa shape index (κ1) is 21.5. The summed E-state index contributed by atoms with van der Waals surface area (Å²) in [5.74, 6) is 0. The molecule has 0 aromatic carbocycles. The van der Waals surface area contributed by atoms with Crippen molar-refractivity contribution in [3.8, 4) is 0 Å². The van der Waals surface area contributed by atoms with E-state index >= 15 is 0 Å². The highest BCUT2D eigenvalue weighted by Crippen LogP contribution is 2.12. The average molecular weight is 293 g/mol. The summed E-state index contributed by atoms with van der Waals surface area (Å²) in [5, 5.41) is 0. The minimum atomic E-state index is -4.82. The van der Waals surface area contributed by atoms with Gasteiger partial charge in [0.2, 0.25) is 0 Å². The van der Waals surface area contributed by atoms with Crippen LogP contribution in [-0.4, -0.2) is 61.9 Å². The van der Waals surface area contributed by atoms with Crippen molar-refractivity contribution in [2.75, 3.05) is 6.61 Å². The lowest BCUT2D eigenvalue weighted by atomic mass is 10.8. The highest BCUT2D eigenvalue weighted by Gasteiger charge is 2.38. The van der Waals surface area contributed by atoms with Crippen LogP contribution < -0.4 is 4.89 Å². The van der Waals surface area contributed by atoms with E-state index in [0.29, 0.717) is 0 Å². The summed E-state index contributed by atoms with van der Waals surface area (Å²) >= 11 is 0. The number of hydrogen-bond donors (Lipinski definition) is 6. The summed E-state index contributed by atoms with van der Waals surface area (Å²) in [7, 11) is -12.4. The van der Waals surface area contributed by atoms with Gasteiger partial charge in [0.15, 0.2) is 0 Å². The molecule has 0 aliphatic carbocycles. The second-order valence-electron chi connectivity index (χ2n) is 1.90. The summed E-state index contributed by atoms with van der Waals surface area (Å²) in [6.45, 7) is 1.68. The largest absolute Gasteiger partial charge is 0.717 e. The van der Waals surface area contributed by atoms with E-state index in [4.69, 9.17) is 28.8 Å². The molecular weight excluding hydrogens is 282 g/mol. The SMILES string of the molecule is CCO[Si](O)(O)O.O=[P+]([O-])O[Si](O)(O)O.[B]. The molecule has 0 fully saturated rings. The maximum absolute atomic E-state index is 9.38. The zero-order chi connectivity index (χ0) is 12.7. The summed E-state index contributed by atoms with van der Waals surface area (Å²) in [5.41, 5.74) is 0. The Morgan fingerprint density at radius 3 is 1.50 bits per heavy atom. The molecule has 0 heterocycles. The standard InChI is InChI=1S/C2H8O4Si.B.H3O6PSi/c1-2-6-7(3,4)5;;1-7(2)6-8(3,4)5/h3-5H,2H2,1H3;;3-5H. The lowest BCUT2D eigenvalue weighted by molar-refractivity contribution is -0.182. The predicted octanol–water partition coefficient (Wildman–Crippen LogP) is -4.51. The van der Waals surface area contributed by atoms with E-state index in [-0.39, 0.29) is 15.0 Å². The van der Waals surface area contributed by atoms with Gasteiger partial charge in [0.25, 0.3) is 0 Å².